The molecule has 0 aromatic heterocycles. The van der Waals surface area contributed by atoms with Crippen LogP contribution in [0.2, 0.25) is 0 Å². The Kier molecular flexibility index (Phi) is 6.63. The molecule has 156 valence electrons. The number of para-hydroxylation sites is 1. The first kappa shape index (κ1) is 21.3. The van der Waals surface area contributed by atoms with E-state index in [2.05, 4.69) is 5.32 Å². The van der Waals surface area contributed by atoms with Gasteiger partial charge in [0, 0.05) is 5.69 Å². The SMILES string of the molecule is COC(=O)CN1C(=S)N(c2ccc(OC)cc2)C(=O)[C@H]1CC(=O)Nc1ccccc1. The second kappa shape index (κ2) is 9.36. The number of hydrogen-bond donors (Lipinski definition) is 1. The van der Waals surface area contributed by atoms with Crippen molar-refractivity contribution in [1.82, 2.24) is 4.90 Å². The zero-order valence-corrected chi connectivity index (χ0v) is 17.3. The lowest BCUT2D eigenvalue weighted by Gasteiger charge is -2.22. The van der Waals surface area contributed by atoms with Crippen molar-refractivity contribution in [2.24, 2.45) is 0 Å². The van der Waals surface area contributed by atoms with Gasteiger partial charge in [-0.05, 0) is 48.6 Å². The first-order valence-corrected chi connectivity index (χ1v) is 9.55. The molecular weight excluding hydrogens is 406 g/mol. The van der Waals surface area contributed by atoms with Gasteiger partial charge >= 0.3 is 5.97 Å². The van der Waals surface area contributed by atoms with Crippen molar-refractivity contribution in [3.05, 3.63) is 54.6 Å². The van der Waals surface area contributed by atoms with Crippen LogP contribution >= 0.6 is 12.2 Å². The Balaban J connectivity index is 1.84. The molecule has 8 nitrogen and oxygen atoms in total. The van der Waals surface area contributed by atoms with Gasteiger partial charge in [0.05, 0.1) is 26.3 Å². The number of esters is 1. The van der Waals surface area contributed by atoms with E-state index in [4.69, 9.17) is 21.7 Å². The smallest absolute Gasteiger partial charge is 0.325 e. The number of rotatable bonds is 7. The Bertz CT molecular complexity index is 949. The summed E-state index contributed by atoms with van der Waals surface area (Å²) in [5, 5.41) is 2.88. The van der Waals surface area contributed by atoms with Crippen LogP contribution in [0.4, 0.5) is 11.4 Å². The van der Waals surface area contributed by atoms with Crippen LogP contribution in [0.3, 0.4) is 0 Å². The number of methoxy groups -OCH3 is 2. The molecule has 0 aliphatic carbocycles. The summed E-state index contributed by atoms with van der Waals surface area (Å²) in [5.41, 5.74) is 1.13. The Hall–Kier alpha value is -3.46. The molecule has 1 saturated heterocycles. The van der Waals surface area contributed by atoms with Crippen LogP contribution in [-0.2, 0) is 19.1 Å². The molecule has 0 spiro atoms. The highest BCUT2D eigenvalue weighted by atomic mass is 32.1. The molecule has 2 amide bonds. The molecule has 1 fully saturated rings. The summed E-state index contributed by atoms with van der Waals surface area (Å²) >= 11 is 5.47. The minimum absolute atomic E-state index is 0.132. The summed E-state index contributed by atoms with van der Waals surface area (Å²) in [5.74, 6) is -0.692. The van der Waals surface area contributed by atoms with Crippen molar-refractivity contribution >= 4 is 46.5 Å². The average Bonchev–Trinajstić information content (AvgIpc) is 2.98. The van der Waals surface area contributed by atoms with Gasteiger partial charge in [0.25, 0.3) is 5.91 Å². The first-order chi connectivity index (χ1) is 14.4. The van der Waals surface area contributed by atoms with E-state index >= 15 is 0 Å². The summed E-state index contributed by atoms with van der Waals surface area (Å²) in [6.07, 6.45) is -0.169. The van der Waals surface area contributed by atoms with E-state index in [-0.39, 0.29) is 24.0 Å². The fourth-order valence-corrected chi connectivity index (χ4v) is 3.48. The van der Waals surface area contributed by atoms with Crippen molar-refractivity contribution in [2.75, 3.05) is 31.0 Å². The molecule has 0 radical (unpaired) electrons. The van der Waals surface area contributed by atoms with Gasteiger partial charge in [-0.3, -0.25) is 19.3 Å². The fourth-order valence-electron chi connectivity index (χ4n) is 3.10. The number of nitrogens with zero attached hydrogens (tertiary/aromatic N) is 2. The van der Waals surface area contributed by atoms with Crippen molar-refractivity contribution in [2.45, 2.75) is 12.5 Å². The molecule has 9 heteroatoms. The van der Waals surface area contributed by atoms with Gasteiger partial charge in [-0.15, -0.1) is 0 Å². The van der Waals surface area contributed by atoms with Gasteiger partial charge in [0.15, 0.2) is 5.11 Å². The third kappa shape index (κ3) is 4.57. The predicted molar refractivity (Wildman–Crippen MR) is 115 cm³/mol. The van der Waals surface area contributed by atoms with Crippen molar-refractivity contribution < 1.29 is 23.9 Å². The van der Waals surface area contributed by atoms with Crippen LogP contribution in [-0.4, -0.2) is 54.6 Å². The number of hydrogen-bond acceptors (Lipinski definition) is 6. The minimum atomic E-state index is -0.928. The minimum Gasteiger partial charge on any atom is -0.497 e. The van der Waals surface area contributed by atoms with E-state index in [1.807, 2.05) is 6.07 Å². The van der Waals surface area contributed by atoms with E-state index in [1.165, 1.54) is 16.9 Å². The van der Waals surface area contributed by atoms with Crippen LogP contribution in [0.1, 0.15) is 6.42 Å². The summed E-state index contributed by atoms with van der Waals surface area (Å²) in [6, 6.07) is 14.8. The molecule has 1 atom stereocenters. The number of anilines is 2. The summed E-state index contributed by atoms with van der Waals surface area (Å²) in [6.45, 7) is -0.239. The van der Waals surface area contributed by atoms with Crippen molar-refractivity contribution in [3.63, 3.8) is 0 Å². The number of carbonyl (C=O) groups excluding carboxylic acids is 3. The lowest BCUT2D eigenvalue weighted by molar-refractivity contribution is -0.141. The lowest BCUT2D eigenvalue weighted by Crippen LogP contribution is -2.41. The highest BCUT2D eigenvalue weighted by molar-refractivity contribution is 7.80. The number of ether oxygens (including phenoxy) is 2. The highest BCUT2D eigenvalue weighted by Crippen LogP contribution is 2.28. The van der Waals surface area contributed by atoms with E-state index in [9.17, 15) is 14.4 Å². The molecular formula is C21H21N3O5S. The van der Waals surface area contributed by atoms with Gasteiger partial charge in [0.1, 0.15) is 18.3 Å². The van der Waals surface area contributed by atoms with Crippen molar-refractivity contribution in [3.8, 4) is 5.75 Å². The number of carbonyl (C=O) groups is 3. The van der Waals surface area contributed by atoms with Crippen LogP contribution in [0.5, 0.6) is 5.75 Å². The topological polar surface area (TPSA) is 88.2 Å². The third-order valence-corrected chi connectivity index (χ3v) is 5.03. The van der Waals surface area contributed by atoms with Crippen molar-refractivity contribution in [1.29, 1.82) is 0 Å². The maximum absolute atomic E-state index is 13.2. The van der Waals surface area contributed by atoms with Gasteiger partial charge < -0.3 is 19.7 Å². The monoisotopic (exact) mass is 427 g/mol. The van der Waals surface area contributed by atoms with Crippen LogP contribution in [0.15, 0.2) is 54.6 Å². The molecule has 30 heavy (non-hydrogen) atoms. The maximum Gasteiger partial charge on any atom is 0.325 e. The summed E-state index contributed by atoms with van der Waals surface area (Å²) in [7, 11) is 2.79. The normalized spacial score (nSPS) is 15.9. The highest BCUT2D eigenvalue weighted by Gasteiger charge is 2.45. The first-order valence-electron chi connectivity index (χ1n) is 9.15. The molecule has 1 N–H and O–H groups in total. The van der Waals surface area contributed by atoms with Crippen LogP contribution in [0.25, 0.3) is 0 Å². The molecule has 1 aliphatic heterocycles. The second-order valence-electron chi connectivity index (χ2n) is 6.49. The Labute approximate surface area is 179 Å². The Morgan fingerprint density at radius 3 is 2.33 bits per heavy atom. The van der Waals surface area contributed by atoms with Crippen LogP contribution in [0, 0.1) is 0 Å². The molecule has 0 saturated carbocycles. The zero-order valence-electron chi connectivity index (χ0n) is 16.5. The lowest BCUT2D eigenvalue weighted by atomic mass is 10.1. The standard InChI is InChI=1S/C21H21N3O5S/c1-28-16-10-8-15(9-11-16)24-20(27)17(23(21(24)30)13-19(26)29-2)12-18(25)22-14-6-4-3-5-7-14/h3-11,17H,12-13H2,1-2H3,(H,22,25)/t17-/m1/s1. The second-order valence-corrected chi connectivity index (χ2v) is 6.86. The molecule has 2 aromatic carbocycles. The van der Waals surface area contributed by atoms with E-state index in [1.54, 1.807) is 55.6 Å². The number of benzene rings is 2. The van der Waals surface area contributed by atoms with E-state index in [0.717, 1.165) is 0 Å². The molecule has 0 unspecified atom stereocenters. The molecule has 2 aromatic rings. The van der Waals surface area contributed by atoms with Gasteiger partial charge in [-0.25, -0.2) is 0 Å². The molecule has 1 aliphatic rings. The molecule has 1 heterocycles. The van der Waals surface area contributed by atoms with E-state index < -0.39 is 17.9 Å². The number of nitrogens with one attached hydrogen (secondary N) is 1. The molecule has 0 bridgehead atoms. The molecule has 3 rings (SSSR count). The number of amides is 2. The fraction of sp³-hybridized carbons (Fsp3) is 0.238. The number of thiocarbonyl (C=S) groups is 1. The Morgan fingerprint density at radius 2 is 1.73 bits per heavy atom. The predicted octanol–water partition coefficient (Wildman–Crippen LogP) is 2.20. The van der Waals surface area contributed by atoms with E-state index in [0.29, 0.717) is 17.1 Å². The largest absolute Gasteiger partial charge is 0.497 e. The van der Waals surface area contributed by atoms with Gasteiger partial charge in [0.2, 0.25) is 5.91 Å². The van der Waals surface area contributed by atoms with Gasteiger partial charge in [-0.1, -0.05) is 18.2 Å². The summed E-state index contributed by atoms with van der Waals surface area (Å²) < 4.78 is 9.87. The van der Waals surface area contributed by atoms with Gasteiger partial charge in [-0.2, -0.15) is 0 Å². The maximum atomic E-state index is 13.2. The zero-order chi connectivity index (χ0) is 21.7. The Morgan fingerprint density at radius 1 is 1.07 bits per heavy atom. The quantitative estimate of drug-likeness (QED) is 0.535. The summed E-state index contributed by atoms with van der Waals surface area (Å²) in [4.78, 5) is 40.4. The van der Waals surface area contributed by atoms with Crippen LogP contribution < -0.4 is 15.0 Å². The average molecular weight is 427 g/mol. The third-order valence-electron chi connectivity index (χ3n) is 4.61.